The lowest BCUT2D eigenvalue weighted by atomic mass is 9.84. The number of aliphatic hydroxyl groups is 1. The highest BCUT2D eigenvalue weighted by molar-refractivity contribution is 9.10. The van der Waals surface area contributed by atoms with Crippen LogP contribution in [0.25, 0.3) is 0 Å². The molecule has 2 N–H and O–H groups in total. The van der Waals surface area contributed by atoms with Crippen molar-refractivity contribution in [3.8, 4) is 0 Å². The van der Waals surface area contributed by atoms with Crippen LogP contribution in [0.5, 0.6) is 0 Å². The van der Waals surface area contributed by atoms with E-state index in [1.165, 1.54) is 32.1 Å². The summed E-state index contributed by atoms with van der Waals surface area (Å²) in [6.45, 7) is 0.214. The fourth-order valence-electron chi connectivity index (χ4n) is 2.63. The van der Waals surface area contributed by atoms with Crippen molar-refractivity contribution in [3.63, 3.8) is 0 Å². The Balaban J connectivity index is 2.01. The number of anilines is 1. The third-order valence-corrected chi connectivity index (χ3v) is 4.32. The van der Waals surface area contributed by atoms with Gasteiger partial charge < -0.3 is 10.4 Å². The van der Waals surface area contributed by atoms with Crippen LogP contribution in [0.2, 0.25) is 0 Å². The van der Waals surface area contributed by atoms with Crippen molar-refractivity contribution < 1.29 is 5.11 Å². The molecule has 0 aliphatic heterocycles. The van der Waals surface area contributed by atoms with Crippen LogP contribution >= 0.6 is 15.9 Å². The summed E-state index contributed by atoms with van der Waals surface area (Å²) in [7, 11) is 0. The summed E-state index contributed by atoms with van der Waals surface area (Å²) in [5.41, 5.74) is 1.08. The van der Waals surface area contributed by atoms with Crippen LogP contribution < -0.4 is 5.32 Å². The van der Waals surface area contributed by atoms with Gasteiger partial charge in [-0.25, -0.2) is 0 Å². The second-order valence-electron chi connectivity index (χ2n) is 4.81. The predicted molar refractivity (Wildman–Crippen MR) is 75.2 cm³/mol. The minimum absolute atomic E-state index is 0.189. The Morgan fingerprint density at radius 1 is 1.24 bits per heavy atom. The highest BCUT2D eigenvalue weighted by Crippen LogP contribution is 2.30. The average molecular weight is 298 g/mol. The molecule has 1 aromatic rings. The molecule has 0 spiro atoms. The van der Waals surface area contributed by atoms with Crippen molar-refractivity contribution in [3.05, 3.63) is 28.7 Å². The first-order valence-electron chi connectivity index (χ1n) is 6.43. The van der Waals surface area contributed by atoms with Gasteiger partial charge in [0.15, 0.2) is 0 Å². The number of hydrogen-bond acceptors (Lipinski definition) is 2. The first-order valence-corrected chi connectivity index (χ1v) is 7.22. The van der Waals surface area contributed by atoms with Gasteiger partial charge in [0, 0.05) is 10.2 Å². The molecule has 0 radical (unpaired) electrons. The fourth-order valence-corrected chi connectivity index (χ4v) is 3.03. The Bertz CT molecular complexity index is 350. The first-order chi connectivity index (χ1) is 8.31. The number of para-hydroxylation sites is 1. The molecule has 17 heavy (non-hydrogen) atoms. The van der Waals surface area contributed by atoms with Gasteiger partial charge in [-0.05, 0) is 46.8 Å². The summed E-state index contributed by atoms with van der Waals surface area (Å²) in [6, 6.07) is 8.29. The Morgan fingerprint density at radius 2 is 1.94 bits per heavy atom. The second kappa shape index (κ2) is 6.41. The van der Waals surface area contributed by atoms with E-state index in [4.69, 9.17) is 0 Å². The van der Waals surface area contributed by atoms with E-state index >= 15 is 0 Å². The topological polar surface area (TPSA) is 32.3 Å². The molecule has 1 atom stereocenters. The quantitative estimate of drug-likeness (QED) is 0.886. The summed E-state index contributed by atoms with van der Waals surface area (Å²) < 4.78 is 1.06. The molecule has 1 saturated carbocycles. The number of rotatable bonds is 4. The Morgan fingerprint density at radius 3 is 2.59 bits per heavy atom. The molecule has 1 aromatic carbocycles. The van der Waals surface area contributed by atoms with E-state index in [1.54, 1.807) is 0 Å². The van der Waals surface area contributed by atoms with Crippen LogP contribution in [0.4, 0.5) is 5.69 Å². The lowest BCUT2D eigenvalue weighted by molar-refractivity contribution is 0.209. The molecule has 1 fully saturated rings. The molecule has 0 aromatic heterocycles. The maximum absolute atomic E-state index is 9.55. The highest BCUT2D eigenvalue weighted by atomic mass is 79.9. The zero-order valence-corrected chi connectivity index (χ0v) is 11.6. The smallest absolute Gasteiger partial charge is 0.0635 e. The van der Waals surface area contributed by atoms with Crippen molar-refractivity contribution in [1.29, 1.82) is 0 Å². The molecule has 0 bridgehead atoms. The largest absolute Gasteiger partial charge is 0.394 e. The zero-order chi connectivity index (χ0) is 12.1. The second-order valence-corrected chi connectivity index (χ2v) is 5.67. The summed E-state index contributed by atoms with van der Waals surface area (Å²) in [4.78, 5) is 0. The number of halogens is 1. The third kappa shape index (κ3) is 3.46. The van der Waals surface area contributed by atoms with Crippen molar-refractivity contribution in [2.24, 2.45) is 5.92 Å². The molecular weight excluding hydrogens is 278 g/mol. The monoisotopic (exact) mass is 297 g/mol. The predicted octanol–water partition coefficient (Wildman–Crippen LogP) is 3.80. The molecule has 1 aliphatic carbocycles. The van der Waals surface area contributed by atoms with Gasteiger partial charge in [0.2, 0.25) is 0 Å². The molecular formula is C14H20BrNO. The van der Waals surface area contributed by atoms with Gasteiger partial charge in [-0.3, -0.25) is 0 Å². The molecule has 94 valence electrons. The molecule has 3 heteroatoms. The zero-order valence-electron chi connectivity index (χ0n) is 10.0. The van der Waals surface area contributed by atoms with Crippen LogP contribution in [0, 0.1) is 5.92 Å². The highest BCUT2D eigenvalue weighted by Gasteiger charge is 2.23. The standard InChI is InChI=1S/C14H20BrNO/c15-12-8-4-5-9-13(12)16-14(10-17)11-6-2-1-3-7-11/h4-5,8-9,11,14,16-17H,1-3,6-7,10H2. The molecule has 2 nitrogen and oxygen atoms in total. The summed E-state index contributed by atoms with van der Waals surface area (Å²) in [5, 5.41) is 13.0. The summed E-state index contributed by atoms with van der Waals surface area (Å²) in [6.07, 6.45) is 6.44. The van der Waals surface area contributed by atoms with E-state index in [2.05, 4.69) is 27.3 Å². The van der Waals surface area contributed by atoms with Crippen LogP contribution in [-0.2, 0) is 0 Å². The number of benzene rings is 1. The lowest BCUT2D eigenvalue weighted by Gasteiger charge is -2.30. The minimum Gasteiger partial charge on any atom is -0.394 e. The van der Waals surface area contributed by atoms with E-state index in [0.717, 1.165) is 10.2 Å². The van der Waals surface area contributed by atoms with E-state index in [9.17, 15) is 5.11 Å². The Labute approximate surface area is 112 Å². The van der Waals surface area contributed by atoms with E-state index in [-0.39, 0.29) is 12.6 Å². The molecule has 2 rings (SSSR count). The van der Waals surface area contributed by atoms with Crippen LogP contribution in [0.15, 0.2) is 28.7 Å². The SMILES string of the molecule is OCC(Nc1ccccc1Br)C1CCCCC1. The molecule has 0 amide bonds. The number of hydrogen-bond donors (Lipinski definition) is 2. The minimum atomic E-state index is 0.189. The number of aliphatic hydroxyl groups excluding tert-OH is 1. The van der Waals surface area contributed by atoms with Gasteiger partial charge in [0.05, 0.1) is 12.6 Å². The van der Waals surface area contributed by atoms with Gasteiger partial charge in [0.1, 0.15) is 0 Å². The van der Waals surface area contributed by atoms with E-state index < -0.39 is 0 Å². The Hall–Kier alpha value is -0.540. The summed E-state index contributed by atoms with van der Waals surface area (Å²) >= 11 is 3.53. The molecule has 0 saturated heterocycles. The maximum atomic E-state index is 9.55. The van der Waals surface area contributed by atoms with Crippen molar-refractivity contribution in [2.75, 3.05) is 11.9 Å². The normalized spacial score (nSPS) is 18.9. The lowest BCUT2D eigenvalue weighted by Crippen LogP contribution is -2.34. The van der Waals surface area contributed by atoms with Gasteiger partial charge in [-0.2, -0.15) is 0 Å². The van der Waals surface area contributed by atoms with Crippen LogP contribution in [0.1, 0.15) is 32.1 Å². The van der Waals surface area contributed by atoms with Gasteiger partial charge in [-0.1, -0.05) is 31.4 Å². The van der Waals surface area contributed by atoms with E-state index in [1.807, 2.05) is 18.2 Å². The first kappa shape index (κ1) is 12.9. The van der Waals surface area contributed by atoms with Gasteiger partial charge in [-0.15, -0.1) is 0 Å². The van der Waals surface area contributed by atoms with Crippen molar-refractivity contribution in [2.45, 2.75) is 38.1 Å². The van der Waals surface area contributed by atoms with Gasteiger partial charge >= 0.3 is 0 Å². The van der Waals surface area contributed by atoms with Gasteiger partial charge in [0.25, 0.3) is 0 Å². The Kier molecular flexibility index (Phi) is 4.86. The summed E-state index contributed by atoms with van der Waals surface area (Å²) in [5.74, 6) is 0.612. The van der Waals surface area contributed by atoms with Crippen LogP contribution in [0.3, 0.4) is 0 Å². The number of nitrogens with one attached hydrogen (secondary N) is 1. The molecule has 1 aliphatic rings. The molecule has 0 heterocycles. The third-order valence-electron chi connectivity index (χ3n) is 3.63. The van der Waals surface area contributed by atoms with Crippen molar-refractivity contribution >= 4 is 21.6 Å². The van der Waals surface area contributed by atoms with Crippen molar-refractivity contribution in [1.82, 2.24) is 0 Å². The molecule has 1 unspecified atom stereocenters. The van der Waals surface area contributed by atoms with E-state index in [0.29, 0.717) is 5.92 Å². The average Bonchev–Trinajstić information content (AvgIpc) is 2.39. The maximum Gasteiger partial charge on any atom is 0.0635 e. The fraction of sp³-hybridized carbons (Fsp3) is 0.571. The van der Waals surface area contributed by atoms with Crippen LogP contribution in [-0.4, -0.2) is 17.8 Å².